The lowest BCUT2D eigenvalue weighted by Crippen LogP contribution is -2.50. The molecule has 0 aliphatic carbocycles. The Morgan fingerprint density at radius 3 is 2.58 bits per heavy atom. The number of carbonyl (C=O) groups is 1. The number of nitrogens with zero attached hydrogens (tertiary/aromatic N) is 1. The van der Waals surface area contributed by atoms with Gasteiger partial charge in [-0.1, -0.05) is 31.5 Å². The zero-order valence-corrected chi connectivity index (χ0v) is 11.5. The smallest absolute Gasteiger partial charge is 0.410 e. The summed E-state index contributed by atoms with van der Waals surface area (Å²) in [5.74, 6) is 0.577. The minimum atomic E-state index is -0.372. The SMILES string of the molecule is CCC(NC(=O)Oc1ccccc1)N1CCCCC1. The summed E-state index contributed by atoms with van der Waals surface area (Å²) in [5.41, 5.74) is 0. The number of hydrogen-bond acceptors (Lipinski definition) is 3. The van der Waals surface area contributed by atoms with Gasteiger partial charge in [0, 0.05) is 13.1 Å². The second-order valence-corrected chi connectivity index (χ2v) is 4.87. The van der Waals surface area contributed by atoms with Gasteiger partial charge in [0.15, 0.2) is 0 Å². The minimum Gasteiger partial charge on any atom is -0.410 e. The number of amides is 1. The van der Waals surface area contributed by atoms with Crippen LogP contribution in [0.15, 0.2) is 30.3 Å². The summed E-state index contributed by atoms with van der Waals surface area (Å²) < 4.78 is 5.26. The molecule has 2 rings (SSSR count). The molecule has 1 amide bonds. The topological polar surface area (TPSA) is 41.6 Å². The van der Waals surface area contributed by atoms with Gasteiger partial charge in [0.05, 0.1) is 6.17 Å². The van der Waals surface area contributed by atoms with Crippen LogP contribution in [0.2, 0.25) is 0 Å². The molecule has 4 heteroatoms. The number of benzene rings is 1. The second-order valence-electron chi connectivity index (χ2n) is 4.87. The van der Waals surface area contributed by atoms with E-state index in [4.69, 9.17) is 4.74 Å². The molecule has 1 saturated heterocycles. The number of hydrogen-bond donors (Lipinski definition) is 1. The van der Waals surface area contributed by atoms with Gasteiger partial charge in [-0.25, -0.2) is 4.79 Å². The highest BCUT2D eigenvalue weighted by Gasteiger charge is 2.21. The fraction of sp³-hybridized carbons (Fsp3) is 0.533. The lowest BCUT2D eigenvalue weighted by atomic mass is 10.1. The van der Waals surface area contributed by atoms with Crippen LogP contribution >= 0.6 is 0 Å². The van der Waals surface area contributed by atoms with E-state index in [0.717, 1.165) is 19.5 Å². The number of piperidine rings is 1. The van der Waals surface area contributed by atoms with Crippen LogP contribution in [0.25, 0.3) is 0 Å². The van der Waals surface area contributed by atoms with E-state index in [0.29, 0.717) is 5.75 Å². The highest BCUT2D eigenvalue weighted by atomic mass is 16.6. The highest BCUT2D eigenvalue weighted by Crippen LogP contribution is 2.13. The van der Waals surface area contributed by atoms with Crippen LogP contribution in [-0.4, -0.2) is 30.2 Å². The van der Waals surface area contributed by atoms with Gasteiger partial charge in [-0.15, -0.1) is 0 Å². The predicted molar refractivity (Wildman–Crippen MR) is 75.1 cm³/mol. The average molecular weight is 262 g/mol. The maximum atomic E-state index is 11.9. The van der Waals surface area contributed by atoms with Crippen LogP contribution in [0, 0.1) is 0 Å². The van der Waals surface area contributed by atoms with Crippen LogP contribution in [0.1, 0.15) is 32.6 Å². The number of likely N-dealkylation sites (tertiary alicyclic amines) is 1. The van der Waals surface area contributed by atoms with Crippen molar-refractivity contribution >= 4 is 6.09 Å². The van der Waals surface area contributed by atoms with Crippen molar-refractivity contribution in [1.29, 1.82) is 0 Å². The number of carbonyl (C=O) groups excluding carboxylic acids is 1. The van der Waals surface area contributed by atoms with E-state index in [1.807, 2.05) is 18.2 Å². The zero-order chi connectivity index (χ0) is 13.5. The molecule has 0 aromatic heterocycles. The third-order valence-corrected chi connectivity index (χ3v) is 3.46. The summed E-state index contributed by atoms with van der Waals surface area (Å²) >= 11 is 0. The molecule has 1 aromatic rings. The van der Waals surface area contributed by atoms with Gasteiger partial charge in [-0.2, -0.15) is 0 Å². The van der Waals surface area contributed by atoms with Gasteiger partial charge in [0.25, 0.3) is 0 Å². The van der Waals surface area contributed by atoms with Gasteiger partial charge in [-0.05, 0) is 31.4 Å². The van der Waals surface area contributed by atoms with Gasteiger partial charge >= 0.3 is 6.09 Å². The molecular formula is C15H22N2O2. The fourth-order valence-electron chi connectivity index (χ4n) is 2.44. The van der Waals surface area contributed by atoms with Gasteiger partial charge < -0.3 is 10.1 Å². The first-order chi connectivity index (χ1) is 9.29. The molecule has 1 atom stereocenters. The van der Waals surface area contributed by atoms with Crippen molar-refractivity contribution in [3.8, 4) is 5.75 Å². The van der Waals surface area contributed by atoms with E-state index in [2.05, 4.69) is 17.1 Å². The number of ether oxygens (including phenoxy) is 1. The first-order valence-electron chi connectivity index (χ1n) is 7.07. The quantitative estimate of drug-likeness (QED) is 0.907. The Balaban J connectivity index is 1.85. The van der Waals surface area contributed by atoms with Crippen molar-refractivity contribution in [2.75, 3.05) is 13.1 Å². The summed E-state index contributed by atoms with van der Waals surface area (Å²) in [7, 11) is 0. The summed E-state index contributed by atoms with van der Waals surface area (Å²) in [6, 6.07) is 9.16. The van der Waals surface area contributed by atoms with Crippen molar-refractivity contribution in [2.45, 2.75) is 38.8 Å². The average Bonchev–Trinajstić information content (AvgIpc) is 2.47. The van der Waals surface area contributed by atoms with Crippen LogP contribution in [0.3, 0.4) is 0 Å². The lowest BCUT2D eigenvalue weighted by Gasteiger charge is -2.34. The van der Waals surface area contributed by atoms with Crippen LogP contribution in [0.5, 0.6) is 5.75 Å². The molecule has 1 aliphatic rings. The van der Waals surface area contributed by atoms with Crippen LogP contribution in [0.4, 0.5) is 4.79 Å². The Labute approximate surface area is 114 Å². The molecule has 1 heterocycles. The number of rotatable bonds is 4. The molecule has 1 fully saturated rings. The minimum absolute atomic E-state index is 0.0801. The lowest BCUT2D eigenvalue weighted by molar-refractivity contribution is 0.123. The van der Waals surface area contributed by atoms with Crippen molar-refractivity contribution in [1.82, 2.24) is 10.2 Å². The van der Waals surface area contributed by atoms with Gasteiger partial charge in [0.1, 0.15) is 5.75 Å². The van der Waals surface area contributed by atoms with Crippen LogP contribution in [-0.2, 0) is 0 Å². The van der Waals surface area contributed by atoms with E-state index in [-0.39, 0.29) is 12.3 Å². The number of nitrogens with one attached hydrogen (secondary N) is 1. The summed E-state index contributed by atoms with van der Waals surface area (Å²) in [4.78, 5) is 14.2. The first-order valence-corrected chi connectivity index (χ1v) is 7.07. The maximum Gasteiger partial charge on any atom is 0.413 e. The van der Waals surface area contributed by atoms with Crippen LogP contribution < -0.4 is 10.1 Å². The standard InChI is InChI=1S/C15H22N2O2/c1-2-14(17-11-7-4-8-12-17)16-15(18)19-13-9-5-3-6-10-13/h3,5-6,9-10,14H,2,4,7-8,11-12H2,1H3,(H,16,18). The van der Waals surface area contributed by atoms with Crippen molar-refractivity contribution < 1.29 is 9.53 Å². The molecular weight excluding hydrogens is 240 g/mol. The molecule has 0 bridgehead atoms. The fourth-order valence-corrected chi connectivity index (χ4v) is 2.44. The maximum absolute atomic E-state index is 11.9. The van der Waals surface area contributed by atoms with E-state index >= 15 is 0 Å². The molecule has 104 valence electrons. The van der Waals surface area contributed by atoms with E-state index in [1.54, 1.807) is 12.1 Å². The summed E-state index contributed by atoms with van der Waals surface area (Å²) in [6.07, 6.45) is 4.32. The van der Waals surface area contributed by atoms with Crippen molar-refractivity contribution in [2.24, 2.45) is 0 Å². The number of para-hydroxylation sites is 1. The Morgan fingerprint density at radius 1 is 1.26 bits per heavy atom. The zero-order valence-electron chi connectivity index (χ0n) is 11.5. The molecule has 4 nitrogen and oxygen atoms in total. The van der Waals surface area contributed by atoms with Gasteiger partial charge in [0.2, 0.25) is 0 Å². The predicted octanol–water partition coefficient (Wildman–Crippen LogP) is 3.00. The van der Waals surface area contributed by atoms with E-state index in [1.165, 1.54) is 19.3 Å². The van der Waals surface area contributed by atoms with E-state index in [9.17, 15) is 4.79 Å². The summed E-state index contributed by atoms with van der Waals surface area (Å²) in [5, 5.41) is 2.95. The highest BCUT2D eigenvalue weighted by molar-refractivity contribution is 5.70. The largest absolute Gasteiger partial charge is 0.413 e. The summed E-state index contributed by atoms with van der Waals surface area (Å²) in [6.45, 7) is 4.20. The molecule has 1 N–H and O–H groups in total. The molecule has 0 spiro atoms. The molecule has 1 unspecified atom stereocenters. The first kappa shape index (κ1) is 13.9. The van der Waals surface area contributed by atoms with Crippen molar-refractivity contribution in [3.05, 3.63) is 30.3 Å². The van der Waals surface area contributed by atoms with E-state index < -0.39 is 0 Å². The Bertz CT molecular complexity index is 388. The molecule has 1 aromatic carbocycles. The molecule has 0 radical (unpaired) electrons. The molecule has 0 saturated carbocycles. The molecule has 19 heavy (non-hydrogen) atoms. The van der Waals surface area contributed by atoms with Gasteiger partial charge in [-0.3, -0.25) is 4.90 Å². The monoisotopic (exact) mass is 262 g/mol. The second kappa shape index (κ2) is 7.14. The third-order valence-electron chi connectivity index (χ3n) is 3.46. The third kappa shape index (κ3) is 4.24. The Kier molecular flexibility index (Phi) is 5.21. The Hall–Kier alpha value is -1.55. The molecule has 1 aliphatic heterocycles. The van der Waals surface area contributed by atoms with Crippen molar-refractivity contribution in [3.63, 3.8) is 0 Å². The normalized spacial score (nSPS) is 17.7. The Morgan fingerprint density at radius 2 is 1.95 bits per heavy atom.